The Kier molecular flexibility index (Phi) is 4.57. The highest BCUT2D eigenvalue weighted by atomic mass is 79.9. The average molecular weight is 372 g/mol. The number of nitrogens with zero attached hydrogens (tertiary/aromatic N) is 1. The van der Waals surface area contributed by atoms with E-state index in [-0.39, 0.29) is 0 Å². The molecule has 1 heterocycles. The summed E-state index contributed by atoms with van der Waals surface area (Å²) >= 11 is 3.41. The van der Waals surface area contributed by atoms with Gasteiger partial charge in [0.15, 0.2) is 0 Å². The van der Waals surface area contributed by atoms with E-state index in [0.717, 1.165) is 21.3 Å². The molecule has 0 unspecified atom stereocenters. The quantitative estimate of drug-likeness (QED) is 0.593. The van der Waals surface area contributed by atoms with Crippen LogP contribution < -0.4 is 4.74 Å². The second-order valence-corrected chi connectivity index (χ2v) is 6.01. The van der Waals surface area contributed by atoms with Crippen LogP contribution in [-0.2, 0) is 16.2 Å². The van der Waals surface area contributed by atoms with Gasteiger partial charge in [-0.3, -0.25) is 0 Å². The van der Waals surface area contributed by atoms with Crippen LogP contribution in [0.5, 0.6) is 5.75 Å². The summed E-state index contributed by atoms with van der Waals surface area (Å²) < 4.78 is 6.79. The third-order valence-corrected chi connectivity index (χ3v) is 3.91. The van der Waals surface area contributed by atoms with Gasteiger partial charge in [0, 0.05) is 4.47 Å². The van der Waals surface area contributed by atoms with Gasteiger partial charge in [0.1, 0.15) is 12.4 Å². The van der Waals surface area contributed by atoms with E-state index in [0.29, 0.717) is 17.9 Å². The van der Waals surface area contributed by atoms with Gasteiger partial charge in [-0.2, -0.15) is 0 Å². The van der Waals surface area contributed by atoms with Gasteiger partial charge in [0.2, 0.25) is 0 Å². The normalized spacial score (nSPS) is 15.5. The van der Waals surface area contributed by atoms with E-state index in [4.69, 9.17) is 4.74 Å². The fraction of sp³-hybridized carbons (Fsp3) is 0.111. The molecule has 5 heteroatoms. The summed E-state index contributed by atoms with van der Waals surface area (Å²) in [6, 6.07) is 15.5. The van der Waals surface area contributed by atoms with Gasteiger partial charge in [-0.15, -0.1) is 0 Å². The molecule has 23 heavy (non-hydrogen) atoms. The zero-order valence-corrected chi connectivity index (χ0v) is 14.0. The van der Waals surface area contributed by atoms with Crippen LogP contribution in [0.4, 0.5) is 0 Å². The topological polar surface area (TPSA) is 47.9 Å². The van der Waals surface area contributed by atoms with Gasteiger partial charge < -0.3 is 9.57 Å². The molecule has 3 rings (SSSR count). The highest BCUT2D eigenvalue weighted by Crippen LogP contribution is 2.19. The predicted molar refractivity (Wildman–Crippen MR) is 92.1 cm³/mol. The largest absolute Gasteiger partial charge is 0.489 e. The highest BCUT2D eigenvalue weighted by molar-refractivity contribution is 9.10. The van der Waals surface area contributed by atoms with Crippen molar-refractivity contribution in [2.45, 2.75) is 13.5 Å². The van der Waals surface area contributed by atoms with Crippen molar-refractivity contribution in [1.82, 2.24) is 0 Å². The third kappa shape index (κ3) is 3.87. The minimum atomic E-state index is -0.418. The van der Waals surface area contributed by atoms with Crippen LogP contribution in [0.15, 0.2) is 63.7 Å². The molecule has 0 atom stereocenters. The first-order valence-electron chi connectivity index (χ1n) is 7.07. The summed E-state index contributed by atoms with van der Waals surface area (Å²) in [6.45, 7) is 2.25. The van der Waals surface area contributed by atoms with Crippen molar-refractivity contribution in [2.75, 3.05) is 0 Å². The van der Waals surface area contributed by atoms with Crippen LogP contribution >= 0.6 is 15.9 Å². The lowest BCUT2D eigenvalue weighted by atomic mass is 10.1. The van der Waals surface area contributed by atoms with Crippen LogP contribution in [0.25, 0.3) is 6.08 Å². The lowest BCUT2D eigenvalue weighted by Gasteiger charge is -2.07. The van der Waals surface area contributed by atoms with Gasteiger partial charge in [0.05, 0.1) is 11.3 Å². The Bertz CT molecular complexity index is 777. The van der Waals surface area contributed by atoms with E-state index in [1.807, 2.05) is 48.5 Å². The van der Waals surface area contributed by atoms with Crippen molar-refractivity contribution < 1.29 is 14.4 Å². The Morgan fingerprint density at radius 1 is 1.13 bits per heavy atom. The Morgan fingerprint density at radius 3 is 2.43 bits per heavy atom. The Balaban J connectivity index is 1.65. The maximum Gasteiger partial charge on any atom is 0.367 e. The molecule has 0 N–H and O–H groups in total. The standard InChI is InChI=1S/C18H14BrNO3/c1-12-17(18(21)23-20-12)10-13-4-8-16(9-5-13)22-11-14-2-6-15(19)7-3-14/h2-10H,11H2,1H3. The molecule has 2 aromatic rings. The average Bonchev–Trinajstić information content (AvgIpc) is 2.88. The van der Waals surface area contributed by atoms with Gasteiger partial charge >= 0.3 is 5.97 Å². The Hall–Kier alpha value is -2.40. The molecule has 4 nitrogen and oxygen atoms in total. The predicted octanol–water partition coefficient (Wildman–Crippen LogP) is 4.34. The number of ether oxygens (including phenoxy) is 1. The second kappa shape index (κ2) is 6.79. The van der Waals surface area contributed by atoms with Crippen molar-refractivity contribution in [2.24, 2.45) is 5.16 Å². The summed E-state index contributed by atoms with van der Waals surface area (Å²) in [7, 11) is 0. The molecule has 1 aliphatic heterocycles. The minimum Gasteiger partial charge on any atom is -0.489 e. The molecular formula is C18H14BrNO3. The van der Waals surface area contributed by atoms with Crippen molar-refractivity contribution in [3.63, 3.8) is 0 Å². The SMILES string of the molecule is CC1=NOC(=O)C1=Cc1ccc(OCc2ccc(Br)cc2)cc1. The molecule has 116 valence electrons. The van der Waals surface area contributed by atoms with Gasteiger partial charge in [-0.25, -0.2) is 4.79 Å². The van der Waals surface area contributed by atoms with E-state index < -0.39 is 5.97 Å². The fourth-order valence-corrected chi connectivity index (χ4v) is 2.36. The first kappa shape index (κ1) is 15.5. The summed E-state index contributed by atoms with van der Waals surface area (Å²) in [6.07, 6.45) is 1.76. The van der Waals surface area contributed by atoms with Crippen LogP contribution in [-0.4, -0.2) is 11.7 Å². The van der Waals surface area contributed by atoms with Crippen LogP contribution in [0.2, 0.25) is 0 Å². The second-order valence-electron chi connectivity index (χ2n) is 5.10. The molecule has 0 aliphatic carbocycles. The number of benzene rings is 2. The minimum absolute atomic E-state index is 0.418. The molecule has 0 bridgehead atoms. The monoisotopic (exact) mass is 371 g/mol. The number of hydrogen-bond acceptors (Lipinski definition) is 4. The summed E-state index contributed by atoms with van der Waals surface area (Å²) in [5, 5.41) is 3.65. The van der Waals surface area contributed by atoms with E-state index in [1.165, 1.54) is 0 Å². The van der Waals surface area contributed by atoms with Crippen LogP contribution in [0.3, 0.4) is 0 Å². The van der Waals surface area contributed by atoms with Crippen LogP contribution in [0, 0.1) is 0 Å². The third-order valence-electron chi connectivity index (χ3n) is 3.39. The highest BCUT2D eigenvalue weighted by Gasteiger charge is 2.21. The molecule has 1 aliphatic rings. The summed E-state index contributed by atoms with van der Waals surface area (Å²) in [4.78, 5) is 16.1. The molecule has 0 saturated heterocycles. The number of carbonyl (C=O) groups excluding carboxylic acids is 1. The first-order chi connectivity index (χ1) is 11.1. The summed E-state index contributed by atoms with van der Waals surface area (Å²) in [5.41, 5.74) is 3.06. The van der Waals surface area contributed by atoms with Crippen molar-refractivity contribution in [3.05, 3.63) is 69.7 Å². The molecule has 0 amide bonds. The lowest BCUT2D eigenvalue weighted by molar-refractivity contribution is -0.136. The maximum atomic E-state index is 11.5. The number of hydrogen-bond donors (Lipinski definition) is 0. The van der Waals surface area contributed by atoms with E-state index in [2.05, 4.69) is 25.9 Å². The molecule has 2 aromatic carbocycles. The number of halogens is 1. The molecular weight excluding hydrogens is 358 g/mol. The number of oxime groups is 1. The van der Waals surface area contributed by atoms with Gasteiger partial charge in [-0.05, 0) is 48.4 Å². The van der Waals surface area contributed by atoms with Gasteiger partial charge in [-0.1, -0.05) is 45.4 Å². The van der Waals surface area contributed by atoms with E-state index >= 15 is 0 Å². The smallest absolute Gasteiger partial charge is 0.367 e. The van der Waals surface area contributed by atoms with E-state index in [9.17, 15) is 4.79 Å². The first-order valence-corrected chi connectivity index (χ1v) is 7.86. The molecule has 0 radical (unpaired) electrons. The zero-order valence-electron chi connectivity index (χ0n) is 12.5. The lowest BCUT2D eigenvalue weighted by Crippen LogP contribution is -2.01. The number of rotatable bonds is 4. The van der Waals surface area contributed by atoms with E-state index in [1.54, 1.807) is 13.0 Å². The fourth-order valence-electron chi connectivity index (χ4n) is 2.09. The van der Waals surface area contributed by atoms with Crippen molar-refractivity contribution >= 4 is 33.7 Å². The zero-order chi connectivity index (χ0) is 16.2. The van der Waals surface area contributed by atoms with Crippen LogP contribution in [0.1, 0.15) is 18.1 Å². The Morgan fingerprint density at radius 2 is 1.83 bits per heavy atom. The van der Waals surface area contributed by atoms with Crippen molar-refractivity contribution in [3.8, 4) is 5.75 Å². The molecule has 0 saturated carbocycles. The summed E-state index contributed by atoms with van der Waals surface area (Å²) in [5.74, 6) is 0.354. The Labute approximate surface area is 142 Å². The maximum absolute atomic E-state index is 11.5. The molecule has 0 fully saturated rings. The van der Waals surface area contributed by atoms with Gasteiger partial charge in [0.25, 0.3) is 0 Å². The number of carbonyl (C=O) groups is 1. The molecule has 0 spiro atoms. The van der Waals surface area contributed by atoms with Crippen molar-refractivity contribution in [1.29, 1.82) is 0 Å². The molecule has 0 aromatic heterocycles.